The summed E-state index contributed by atoms with van der Waals surface area (Å²) in [5, 5.41) is 5.39. The Bertz CT molecular complexity index is 1270. The fourth-order valence-electron chi connectivity index (χ4n) is 3.68. The highest BCUT2D eigenvalue weighted by Crippen LogP contribution is 2.40. The molecule has 4 rings (SSSR count). The zero-order valence-corrected chi connectivity index (χ0v) is 17.9. The van der Waals surface area contributed by atoms with Gasteiger partial charge in [-0.2, -0.15) is 0 Å². The first kappa shape index (κ1) is 20.8. The van der Waals surface area contributed by atoms with Gasteiger partial charge in [0.2, 0.25) is 5.91 Å². The molecule has 0 radical (unpaired) electrons. The van der Waals surface area contributed by atoms with Gasteiger partial charge in [-0.3, -0.25) is 4.79 Å². The third-order valence-electron chi connectivity index (χ3n) is 5.09. The third kappa shape index (κ3) is 4.20. The zero-order chi connectivity index (χ0) is 22.0. The van der Waals surface area contributed by atoms with E-state index in [2.05, 4.69) is 5.32 Å². The van der Waals surface area contributed by atoms with Crippen molar-refractivity contribution in [2.75, 3.05) is 12.4 Å². The number of hydrogen-bond donors (Lipinski definition) is 1. The highest BCUT2D eigenvalue weighted by Gasteiger charge is 2.25. The lowest BCUT2D eigenvalue weighted by Crippen LogP contribution is -2.16. The Balaban J connectivity index is 1.68. The van der Waals surface area contributed by atoms with E-state index in [1.165, 1.54) is 30.6 Å². The molecule has 1 heterocycles. The van der Waals surface area contributed by atoms with Crippen LogP contribution in [0.4, 0.5) is 9.39 Å². The number of hydrogen-bond acceptors (Lipinski definition) is 4. The van der Waals surface area contributed by atoms with Crippen LogP contribution in [-0.4, -0.2) is 19.0 Å². The van der Waals surface area contributed by atoms with Crippen molar-refractivity contribution in [3.63, 3.8) is 0 Å². The molecule has 31 heavy (non-hydrogen) atoms. The minimum Gasteiger partial charge on any atom is -0.465 e. The zero-order valence-electron chi connectivity index (χ0n) is 17.1. The number of fused-ring (bicyclic) bond motifs is 1. The van der Waals surface area contributed by atoms with Gasteiger partial charge in [-0.25, -0.2) is 9.18 Å². The van der Waals surface area contributed by atoms with Crippen molar-refractivity contribution in [1.29, 1.82) is 0 Å². The molecular formula is C25H20FNO3S. The van der Waals surface area contributed by atoms with Crippen molar-refractivity contribution in [1.82, 2.24) is 0 Å². The SMILES string of the molecule is COC(=O)c1c(NC(=O)Cc2cccc3ccccc23)sc(C)c1-c1ccc(F)cc1. The molecule has 4 aromatic rings. The summed E-state index contributed by atoms with van der Waals surface area (Å²) in [4.78, 5) is 26.3. The van der Waals surface area contributed by atoms with Crippen LogP contribution in [0.15, 0.2) is 66.7 Å². The van der Waals surface area contributed by atoms with Crippen LogP contribution in [0.2, 0.25) is 0 Å². The van der Waals surface area contributed by atoms with Gasteiger partial charge in [0.25, 0.3) is 0 Å². The van der Waals surface area contributed by atoms with Crippen molar-refractivity contribution in [3.05, 3.63) is 88.6 Å². The Kier molecular flexibility index (Phi) is 5.82. The molecule has 0 fully saturated rings. The van der Waals surface area contributed by atoms with E-state index in [-0.39, 0.29) is 23.7 Å². The van der Waals surface area contributed by atoms with E-state index in [1.807, 2.05) is 49.4 Å². The molecule has 0 atom stereocenters. The minimum absolute atomic E-state index is 0.171. The molecule has 0 aliphatic heterocycles. The first-order chi connectivity index (χ1) is 15.0. The first-order valence-electron chi connectivity index (χ1n) is 9.72. The van der Waals surface area contributed by atoms with Gasteiger partial charge >= 0.3 is 5.97 Å². The number of ether oxygens (including phenoxy) is 1. The number of carbonyl (C=O) groups excluding carboxylic acids is 2. The molecule has 0 bridgehead atoms. The van der Waals surface area contributed by atoms with Crippen LogP contribution in [0.25, 0.3) is 21.9 Å². The van der Waals surface area contributed by atoms with E-state index in [9.17, 15) is 14.0 Å². The van der Waals surface area contributed by atoms with E-state index in [4.69, 9.17) is 4.74 Å². The number of amides is 1. The number of nitrogens with one attached hydrogen (secondary N) is 1. The molecule has 0 aliphatic carbocycles. The number of anilines is 1. The van der Waals surface area contributed by atoms with Crippen molar-refractivity contribution in [2.45, 2.75) is 13.3 Å². The molecule has 1 amide bonds. The van der Waals surface area contributed by atoms with Gasteiger partial charge < -0.3 is 10.1 Å². The second-order valence-corrected chi connectivity index (χ2v) is 8.32. The molecule has 6 heteroatoms. The van der Waals surface area contributed by atoms with Crippen LogP contribution in [0.1, 0.15) is 20.8 Å². The van der Waals surface area contributed by atoms with Gasteiger partial charge in [-0.15, -0.1) is 11.3 Å². The van der Waals surface area contributed by atoms with Gasteiger partial charge in [-0.1, -0.05) is 54.6 Å². The summed E-state index contributed by atoms with van der Waals surface area (Å²) in [5.74, 6) is -1.14. The van der Waals surface area contributed by atoms with Crippen LogP contribution in [-0.2, 0) is 16.0 Å². The van der Waals surface area contributed by atoms with Gasteiger partial charge in [0.05, 0.1) is 13.5 Å². The maximum absolute atomic E-state index is 13.4. The predicted octanol–water partition coefficient (Wildman–Crippen LogP) is 5.98. The quantitative estimate of drug-likeness (QED) is 0.394. The van der Waals surface area contributed by atoms with E-state index < -0.39 is 5.97 Å². The Morgan fingerprint density at radius 1 is 1.00 bits per heavy atom. The van der Waals surface area contributed by atoms with Crippen molar-refractivity contribution < 1.29 is 18.7 Å². The molecule has 0 saturated carbocycles. The van der Waals surface area contributed by atoms with Gasteiger partial charge in [0.15, 0.2) is 0 Å². The minimum atomic E-state index is -0.552. The summed E-state index contributed by atoms with van der Waals surface area (Å²) in [6.07, 6.45) is 0.171. The standard InChI is InChI=1S/C25H20FNO3S/c1-15-22(17-10-12-19(26)13-11-17)23(25(29)30-2)24(31-15)27-21(28)14-18-8-5-7-16-6-3-4-9-20(16)18/h3-13H,14H2,1-2H3,(H,27,28). The molecular weight excluding hydrogens is 413 g/mol. The number of benzene rings is 3. The first-order valence-corrected chi connectivity index (χ1v) is 10.5. The second kappa shape index (κ2) is 8.70. The molecule has 156 valence electrons. The molecule has 1 N–H and O–H groups in total. The summed E-state index contributed by atoms with van der Waals surface area (Å²) in [5.41, 5.74) is 2.51. The fraction of sp³-hybridized carbons (Fsp3) is 0.120. The average molecular weight is 434 g/mol. The highest BCUT2D eigenvalue weighted by atomic mass is 32.1. The molecule has 4 nitrogen and oxygen atoms in total. The lowest BCUT2D eigenvalue weighted by atomic mass is 10.0. The molecule has 1 aromatic heterocycles. The number of carbonyl (C=O) groups is 2. The summed E-state index contributed by atoms with van der Waals surface area (Å²) in [6.45, 7) is 1.86. The van der Waals surface area contributed by atoms with E-state index >= 15 is 0 Å². The van der Waals surface area contributed by atoms with Crippen LogP contribution >= 0.6 is 11.3 Å². The third-order valence-corrected chi connectivity index (χ3v) is 6.11. The van der Waals surface area contributed by atoms with Crippen molar-refractivity contribution in [3.8, 4) is 11.1 Å². The van der Waals surface area contributed by atoms with Crippen LogP contribution in [0.5, 0.6) is 0 Å². The van der Waals surface area contributed by atoms with Gasteiger partial charge in [-0.05, 0) is 41.0 Å². The van der Waals surface area contributed by atoms with Crippen molar-refractivity contribution >= 4 is 39.0 Å². The van der Waals surface area contributed by atoms with E-state index in [1.54, 1.807) is 12.1 Å². The predicted molar refractivity (Wildman–Crippen MR) is 122 cm³/mol. The lowest BCUT2D eigenvalue weighted by molar-refractivity contribution is -0.115. The molecule has 3 aromatic carbocycles. The van der Waals surface area contributed by atoms with Crippen LogP contribution in [0, 0.1) is 12.7 Å². The summed E-state index contributed by atoms with van der Waals surface area (Å²) in [6, 6.07) is 19.6. The molecule has 0 unspecified atom stereocenters. The van der Waals surface area contributed by atoms with E-state index in [0.29, 0.717) is 16.1 Å². The van der Waals surface area contributed by atoms with Gasteiger partial charge in [0, 0.05) is 10.4 Å². The average Bonchev–Trinajstić information content (AvgIpc) is 3.09. The summed E-state index contributed by atoms with van der Waals surface area (Å²) in [7, 11) is 1.30. The second-order valence-electron chi connectivity index (χ2n) is 7.10. The van der Waals surface area contributed by atoms with Crippen molar-refractivity contribution in [2.24, 2.45) is 0 Å². The highest BCUT2D eigenvalue weighted by molar-refractivity contribution is 7.17. The number of halogens is 1. The summed E-state index contributed by atoms with van der Waals surface area (Å²) >= 11 is 1.30. The number of esters is 1. The number of thiophene rings is 1. The largest absolute Gasteiger partial charge is 0.465 e. The maximum atomic E-state index is 13.4. The van der Waals surface area contributed by atoms with E-state index in [0.717, 1.165) is 21.2 Å². The number of rotatable bonds is 5. The number of aryl methyl sites for hydroxylation is 1. The molecule has 0 saturated heterocycles. The Hall–Kier alpha value is -3.51. The normalized spacial score (nSPS) is 10.8. The lowest BCUT2D eigenvalue weighted by Gasteiger charge is -2.09. The topological polar surface area (TPSA) is 55.4 Å². The van der Waals surface area contributed by atoms with Crippen LogP contribution < -0.4 is 5.32 Å². The Labute approximate surface area is 183 Å². The summed E-state index contributed by atoms with van der Waals surface area (Å²) < 4.78 is 18.4. The molecule has 0 spiro atoms. The Morgan fingerprint density at radius 2 is 1.71 bits per heavy atom. The van der Waals surface area contributed by atoms with Crippen LogP contribution in [0.3, 0.4) is 0 Å². The molecule has 0 aliphatic rings. The maximum Gasteiger partial charge on any atom is 0.341 e. The number of methoxy groups -OCH3 is 1. The fourth-order valence-corrected chi connectivity index (χ4v) is 4.76. The smallest absolute Gasteiger partial charge is 0.341 e. The van der Waals surface area contributed by atoms with Gasteiger partial charge in [0.1, 0.15) is 16.4 Å². The Morgan fingerprint density at radius 3 is 2.45 bits per heavy atom. The monoisotopic (exact) mass is 433 g/mol.